The molecule has 2 rings (SSSR count). The number of hydrogen-bond acceptors (Lipinski definition) is 0. The Hall–Kier alpha value is -1.21. The van der Waals surface area contributed by atoms with Gasteiger partial charge < -0.3 is 0 Å². The molecule has 0 spiro atoms. The van der Waals surface area contributed by atoms with Gasteiger partial charge in [0.1, 0.15) is 11.5 Å². The molecule has 0 radical (unpaired) electrons. The Morgan fingerprint density at radius 2 is 1.06 bits per heavy atom. The van der Waals surface area contributed by atoms with Gasteiger partial charge in [-0.2, -0.15) is 0 Å². The van der Waals surface area contributed by atoms with Crippen molar-refractivity contribution >= 4 is 10.9 Å². The molecule has 2 aromatic rings. The third-order valence-corrected chi connectivity index (χ3v) is 4.97. The zero-order valence-corrected chi connectivity index (χ0v) is 11.8. The number of benzene rings is 2. The molecule has 0 bridgehead atoms. The number of rotatable bonds is 6. The van der Waals surface area contributed by atoms with Crippen LogP contribution in [0.25, 0.3) is 0 Å². The summed E-state index contributed by atoms with van der Waals surface area (Å²) in [4.78, 5) is 0. The van der Waals surface area contributed by atoms with Crippen LogP contribution in [-0.4, -0.2) is 17.8 Å². The smallest absolute Gasteiger partial charge is 0.0622 e. The van der Waals surface area contributed by atoms with Gasteiger partial charge >= 0.3 is 0 Å². The molecule has 0 fully saturated rings. The van der Waals surface area contributed by atoms with Gasteiger partial charge in [0.05, 0.1) is 6.26 Å². The number of hydrogen-bond donors (Lipinski definition) is 0. The summed E-state index contributed by atoms with van der Waals surface area (Å²) in [5.41, 5.74) is 2.94. The van der Waals surface area contributed by atoms with Crippen LogP contribution in [0.15, 0.2) is 60.7 Å². The molecule has 2 aromatic carbocycles. The topological polar surface area (TPSA) is 0 Å². The van der Waals surface area contributed by atoms with Crippen molar-refractivity contribution in [1.29, 1.82) is 0 Å². The molecule has 0 unspecified atom stereocenters. The fraction of sp³-hybridized carbons (Fsp3) is 0.294. The first-order chi connectivity index (χ1) is 8.84. The Bertz CT molecular complexity index is 392. The van der Waals surface area contributed by atoms with Gasteiger partial charge in [0.15, 0.2) is 0 Å². The Morgan fingerprint density at radius 3 is 1.44 bits per heavy atom. The summed E-state index contributed by atoms with van der Waals surface area (Å²) in [7, 11) is 0.529. The van der Waals surface area contributed by atoms with Crippen molar-refractivity contribution in [2.24, 2.45) is 0 Å². The quantitative estimate of drug-likeness (QED) is 0.692. The maximum Gasteiger partial charge on any atom is 0.111 e. The Morgan fingerprint density at radius 1 is 0.667 bits per heavy atom. The molecule has 0 aliphatic rings. The summed E-state index contributed by atoms with van der Waals surface area (Å²) >= 11 is 0. The maximum absolute atomic E-state index is 2.39. The van der Waals surface area contributed by atoms with E-state index in [2.05, 4.69) is 66.9 Å². The fourth-order valence-electron chi connectivity index (χ4n) is 1.98. The van der Waals surface area contributed by atoms with Crippen LogP contribution in [0.3, 0.4) is 0 Å². The van der Waals surface area contributed by atoms with Crippen molar-refractivity contribution < 1.29 is 0 Å². The van der Waals surface area contributed by atoms with E-state index in [-0.39, 0.29) is 0 Å². The van der Waals surface area contributed by atoms with Crippen molar-refractivity contribution in [3.05, 3.63) is 71.8 Å². The molecule has 0 N–H and O–H groups in total. The first kappa shape index (κ1) is 13.2. The second-order valence-corrected chi connectivity index (χ2v) is 7.04. The minimum atomic E-state index is 0.529. The molecule has 0 saturated carbocycles. The zero-order chi connectivity index (χ0) is 12.6. The van der Waals surface area contributed by atoms with E-state index >= 15 is 0 Å². The molecule has 18 heavy (non-hydrogen) atoms. The Labute approximate surface area is 113 Å². The van der Waals surface area contributed by atoms with Crippen LogP contribution >= 0.6 is 0 Å². The van der Waals surface area contributed by atoms with E-state index in [1.807, 2.05) is 0 Å². The van der Waals surface area contributed by atoms with Crippen molar-refractivity contribution in [2.45, 2.75) is 12.8 Å². The van der Waals surface area contributed by atoms with E-state index in [0.29, 0.717) is 10.9 Å². The first-order valence-electron chi connectivity index (χ1n) is 6.51. The highest BCUT2D eigenvalue weighted by Gasteiger charge is 2.10. The molecule has 1 heteroatoms. The lowest BCUT2D eigenvalue weighted by molar-refractivity contribution is 1.11. The van der Waals surface area contributed by atoms with Crippen molar-refractivity contribution in [3.63, 3.8) is 0 Å². The average molecular weight is 257 g/mol. The van der Waals surface area contributed by atoms with Crippen LogP contribution < -0.4 is 0 Å². The largest absolute Gasteiger partial charge is 0.111 e. The van der Waals surface area contributed by atoms with Gasteiger partial charge in [-0.05, 0) is 22.0 Å². The van der Waals surface area contributed by atoms with Gasteiger partial charge in [-0.15, -0.1) is 0 Å². The van der Waals surface area contributed by atoms with E-state index in [9.17, 15) is 0 Å². The minimum Gasteiger partial charge on any atom is -0.0622 e. The predicted octanol–water partition coefficient (Wildman–Crippen LogP) is 3.72. The van der Waals surface area contributed by atoms with E-state index in [1.165, 1.54) is 35.5 Å². The molecule has 0 atom stereocenters. The molecule has 0 heterocycles. The van der Waals surface area contributed by atoms with Crippen LogP contribution in [0.2, 0.25) is 0 Å². The summed E-state index contributed by atoms with van der Waals surface area (Å²) < 4.78 is 0. The van der Waals surface area contributed by atoms with Crippen LogP contribution in [0.4, 0.5) is 0 Å². The van der Waals surface area contributed by atoms with Gasteiger partial charge in [0.2, 0.25) is 0 Å². The normalized spacial score (nSPS) is 10.8. The fourth-order valence-corrected chi connectivity index (χ4v) is 3.35. The highest BCUT2D eigenvalue weighted by Crippen LogP contribution is 2.06. The van der Waals surface area contributed by atoms with Gasteiger partial charge in [-0.1, -0.05) is 60.7 Å². The summed E-state index contributed by atoms with van der Waals surface area (Å²) in [6, 6.07) is 21.6. The third kappa shape index (κ3) is 4.58. The van der Waals surface area contributed by atoms with E-state index < -0.39 is 0 Å². The monoisotopic (exact) mass is 257 g/mol. The minimum absolute atomic E-state index is 0.529. The van der Waals surface area contributed by atoms with E-state index in [1.54, 1.807) is 0 Å². The van der Waals surface area contributed by atoms with Gasteiger partial charge in [0, 0.05) is 12.8 Å². The standard InChI is InChI=1S/C17H21S/c1-18(14-12-16-8-4-2-5-9-16)15-13-17-10-6-3-7-11-17/h2-11H,12-15H2,1H3/q+1. The SMILES string of the molecule is C[S+](CCc1ccccc1)CCc1ccccc1. The van der Waals surface area contributed by atoms with Crippen LogP contribution in [-0.2, 0) is 23.7 Å². The second kappa shape index (κ2) is 7.27. The lowest BCUT2D eigenvalue weighted by Gasteiger charge is -2.04. The molecular formula is C17H21S+. The molecule has 0 saturated heterocycles. The lowest BCUT2D eigenvalue weighted by atomic mass is 10.2. The molecular weight excluding hydrogens is 236 g/mol. The molecule has 0 amide bonds. The van der Waals surface area contributed by atoms with Crippen LogP contribution in [0.1, 0.15) is 11.1 Å². The van der Waals surface area contributed by atoms with Crippen molar-refractivity contribution in [2.75, 3.05) is 17.8 Å². The molecule has 0 aromatic heterocycles. The Kier molecular flexibility index (Phi) is 5.35. The predicted molar refractivity (Wildman–Crippen MR) is 83.3 cm³/mol. The summed E-state index contributed by atoms with van der Waals surface area (Å²) in [5.74, 6) is 2.63. The summed E-state index contributed by atoms with van der Waals surface area (Å²) in [6.07, 6.45) is 4.83. The molecule has 0 aliphatic heterocycles. The summed E-state index contributed by atoms with van der Waals surface area (Å²) in [6.45, 7) is 0. The molecule has 94 valence electrons. The third-order valence-electron chi connectivity index (χ3n) is 3.16. The van der Waals surface area contributed by atoms with Gasteiger partial charge in [-0.25, -0.2) is 0 Å². The van der Waals surface area contributed by atoms with Gasteiger partial charge in [-0.3, -0.25) is 0 Å². The highest BCUT2D eigenvalue weighted by atomic mass is 32.2. The number of aryl methyl sites for hydroxylation is 2. The zero-order valence-electron chi connectivity index (χ0n) is 11.0. The maximum atomic E-state index is 2.39. The summed E-state index contributed by atoms with van der Waals surface area (Å²) in [5, 5.41) is 0. The first-order valence-corrected chi connectivity index (χ1v) is 8.49. The van der Waals surface area contributed by atoms with Crippen molar-refractivity contribution in [3.8, 4) is 0 Å². The van der Waals surface area contributed by atoms with Gasteiger partial charge in [0.25, 0.3) is 0 Å². The second-order valence-electron chi connectivity index (χ2n) is 4.66. The highest BCUT2D eigenvalue weighted by molar-refractivity contribution is 7.96. The van der Waals surface area contributed by atoms with Crippen LogP contribution in [0.5, 0.6) is 0 Å². The average Bonchev–Trinajstić information content (AvgIpc) is 2.45. The lowest BCUT2D eigenvalue weighted by Crippen LogP contribution is -2.13. The molecule has 0 aliphatic carbocycles. The van der Waals surface area contributed by atoms with E-state index in [0.717, 1.165) is 0 Å². The Balaban J connectivity index is 1.71. The van der Waals surface area contributed by atoms with Crippen LogP contribution in [0, 0.1) is 0 Å². The molecule has 0 nitrogen and oxygen atoms in total. The van der Waals surface area contributed by atoms with E-state index in [4.69, 9.17) is 0 Å². The van der Waals surface area contributed by atoms with Crippen molar-refractivity contribution in [1.82, 2.24) is 0 Å².